The fraction of sp³-hybridized carbons (Fsp3) is 0.800. The molecule has 0 aromatic carbocycles. The van der Waals surface area contributed by atoms with E-state index in [-0.39, 0.29) is 12.8 Å². The minimum Gasteiger partial charge on any atom is -0.481 e. The maximum Gasteiger partial charge on any atom is 0.303 e. The maximum absolute atomic E-state index is 9.64. The Kier molecular flexibility index (Phi) is 7.62. The molecule has 0 unspecified atom stereocenters. The first-order valence-electron chi connectivity index (χ1n) is 5.21. The predicted molar refractivity (Wildman–Crippen MR) is 55.6 cm³/mol. The van der Waals surface area contributed by atoms with Gasteiger partial charge in [-0.2, -0.15) is 0 Å². The second-order valence-electron chi connectivity index (χ2n) is 3.69. The highest BCUT2D eigenvalue weighted by Gasteiger charge is 2.06. The fourth-order valence-corrected chi connectivity index (χ4v) is 1.35. The summed E-state index contributed by atoms with van der Waals surface area (Å²) >= 11 is 0. The molecule has 0 amide bonds. The molecule has 15 heavy (non-hydrogen) atoms. The Morgan fingerprint density at radius 1 is 1.00 bits per heavy atom. The van der Waals surface area contributed by atoms with Gasteiger partial charge in [0.05, 0.1) is 12.8 Å². The van der Waals surface area contributed by atoms with Crippen LogP contribution in [0.4, 0.5) is 0 Å². The SMILES string of the molecule is NC1CCCCC1.O=C(O)CCC(=O)O. The molecule has 0 aromatic rings. The Hall–Kier alpha value is -1.10. The molecule has 0 saturated heterocycles. The van der Waals surface area contributed by atoms with Crippen LogP contribution in [0.2, 0.25) is 0 Å². The summed E-state index contributed by atoms with van der Waals surface area (Å²) in [7, 11) is 0. The van der Waals surface area contributed by atoms with Crippen molar-refractivity contribution >= 4 is 11.9 Å². The summed E-state index contributed by atoms with van der Waals surface area (Å²) in [6, 6.07) is 0.536. The molecule has 1 fully saturated rings. The third kappa shape index (κ3) is 10.8. The molecule has 1 aliphatic rings. The van der Waals surface area contributed by atoms with Crippen LogP contribution < -0.4 is 5.73 Å². The van der Waals surface area contributed by atoms with Gasteiger partial charge in [0, 0.05) is 6.04 Å². The molecule has 0 radical (unpaired) electrons. The first-order valence-corrected chi connectivity index (χ1v) is 5.21. The van der Waals surface area contributed by atoms with Crippen molar-refractivity contribution in [2.45, 2.75) is 51.0 Å². The monoisotopic (exact) mass is 217 g/mol. The van der Waals surface area contributed by atoms with Crippen LogP contribution in [0.25, 0.3) is 0 Å². The van der Waals surface area contributed by atoms with Crippen molar-refractivity contribution in [3.63, 3.8) is 0 Å². The maximum atomic E-state index is 9.64. The van der Waals surface area contributed by atoms with Gasteiger partial charge in [0.25, 0.3) is 0 Å². The highest BCUT2D eigenvalue weighted by atomic mass is 16.4. The summed E-state index contributed by atoms with van der Waals surface area (Å²) in [5.74, 6) is -2.15. The first-order chi connectivity index (χ1) is 7.02. The first kappa shape index (κ1) is 13.9. The number of rotatable bonds is 3. The van der Waals surface area contributed by atoms with Crippen molar-refractivity contribution in [1.82, 2.24) is 0 Å². The third-order valence-corrected chi connectivity index (χ3v) is 2.20. The van der Waals surface area contributed by atoms with Crippen LogP contribution in [0.15, 0.2) is 0 Å². The van der Waals surface area contributed by atoms with E-state index in [1.54, 1.807) is 0 Å². The van der Waals surface area contributed by atoms with E-state index < -0.39 is 11.9 Å². The van der Waals surface area contributed by atoms with E-state index >= 15 is 0 Å². The van der Waals surface area contributed by atoms with E-state index in [1.165, 1.54) is 32.1 Å². The number of aliphatic carboxylic acids is 2. The van der Waals surface area contributed by atoms with Crippen molar-refractivity contribution in [3.8, 4) is 0 Å². The van der Waals surface area contributed by atoms with E-state index in [0.717, 1.165) is 0 Å². The van der Waals surface area contributed by atoms with Gasteiger partial charge in [0.15, 0.2) is 0 Å². The molecular weight excluding hydrogens is 198 g/mol. The average Bonchev–Trinajstić information content (AvgIpc) is 2.17. The van der Waals surface area contributed by atoms with Crippen LogP contribution in [-0.2, 0) is 9.59 Å². The van der Waals surface area contributed by atoms with E-state index in [4.69, 9.17) is 15.9 Å². The molecule has 88 valence electrons. The summed E-state index contributed by atoms with van der Waals surface area (Å²) in [6.45, 7) is 0. The van der Waals surface area contributed by atoms with E-state index in [0.29, 0.717) is 6.04 Å². The summed E-state index contributed by atoms with van der Waals surface area (Å²) in [5, 5.41) is 15.8. The zero-order valence-electron chi connectivity index (χ0n) is 8.82. The lowest BCUT2D eigenvalue weighted by atomic mass is 9.97. The van der Waals surface area contributed by atoms with Gasteiger partial charge < -0.3 is 15.9 Å². The molecular formula is C10H19NO4. The highest BCUT2D eigenvalue weighted by molar-refractivity contribution is 5.75. The number of carbonyl (C=O) groups is 2. The summed E-state index contributed by atoms with van der Waals surface area (Å²) in [6.07, 6.45) is 6.07. The smallest absolute Gasteiger partial charge is 0.303 e. The molecule has 0 bridgehead atoms. The Labute approximate surface area is 89.3 Å². The van der Waals surface area contributed by atoms with E-state index in [2.05, 4.69) is 0 Å². The number of nitrogens with two attached hydrogens (primary N) is 1. The van der Waals surface area contributed by atoms with Gasteiger partial charge >= 0.3 is 11.9 Å². The number of hydrogen-bond donors (Lipinski definition) is 3. The second-order valence-corrected chi connectivity index (χ2v) is 3.69. The van der Waals surface area contributed by atoms with Gasteiger partial charge in [-0.1, -0.05) is 19.3 Å². The Balaban J connectivity index is 0.000000262. The van der Waals surface area contributed by atoms with Crippen molar-refractivity contribution < 1.29 is 19.8 Å². The fourth-order valence-electron chi connectivity index (χ4n) is 1.35. The van der Waals surface area contributed by atoms with Crippen LogP contribution in [0.1, 0.15) is 44.9 Å². The molecule has 1 aliphatic carbocycles. The van der Waals surface area contributed by atoms with Gasteiger partial charge in [-0.3, -0.25) is 9.59 Å². The van der Waals surface area contributed by atoms with Crippen molar-refractivity contribution in [2.75, 3.05) is 0 Å². The summed E-state index contributed by atoms with van der Waals surface area (Å²) in [4.78, 5) is 19.3. The number of hydrogen-bond acceptors (Lipinski definition) is 3. The van der Waals surface area contributed by atoms with Crippen LogP contribution in [0.5, 0.6) is 0 Å². The molecule has 0 aliphatic heterocycles. The van der Waals surface area contributed by atoms with Crippen LogP contribution in [-0.4, -0.2) is 28.2 Å². The Morgan fingerprint density at radius 3 is 1.60 bits per heavy atom. The average molecular weight is 217 g/mol. The van der Waals surface area contributed by atoms with Gasteiger partial charge in [0.1, 0.15) is 0 Å². The number of carboxylic acids is 2. The van der Waals surface area contributed by atoms with Crippen molar-refractivity contribution in [1.29, 1.82) is 0 Å². The standard InChI is InChI=1S/C6H13N.C4H6O4/c7-6-4-2-1-3-5-6;5-3(6)1-2-4(7)8/h6H,1-5,7H2;1-2H2,(H,5,6)(H,7,8). The highest BCUT2D eigenvalue weighted by Crippen LogP contribution is 2.14. The van der Waals surface area contributed by atoms with Crippen LogP contribution in [0.3, 0.4) is 0 Å². The molecule has 0 heterocycles. The van der Waals surface area contributed by atoms with Gasteiger partial charge in [-0.05, 0) is 12.8 Å². The summed E-state index contributed by atoms with van der Waals surface area (Å²) in [5.41, 5.74) is 5.63. The Bertz CT molecular complexity index is 186. The third-order valence-electron chi connectivity index (χ3n) is 2.20. The molecule has 5 nitrogen and oxygen atoms in total. The lowest BCUT2D eigenvalue weighted by molar-refractivity contribution is -0.143. The largest absolute Gasteiger partial charge is 0.481 e. The van der Waals surface area contributed by atoms with Crippen LogP contribution >= 0.6 is 0 Å². The topological polar surface area (TPSA) is 101 Å². The predicted octanol–water partition coefficient (Wildman–Crippen LogP) is 1.21. The van der Waals surface area contributed by atoms with Gasteiger partial charge in [0.2, 0.25) is 0 Å². The van der Waals surface area contributed by atoms with Crippen molar-refractivity contribution in [2.24, 2.45) is 5.73 Å². The molecule has 0 atom stereocenters. The lowest BCUT2D eigenvalue weighted by Gasteiger charge is -2.15. The molecule has 1 rings (SSSR count). The van der Waals surface area contributed by atoms with E-state index in [1.807, 2.05) is 0 Å². The quantitative estimate of drug-likeness (QED) is 0.659. The number of carboxylic acid groups (broad SMARTS) is 2. The minimum absolute atomic E-state index is 0.296. The lowest BCUT2D eigenvalue weighted by Crippen LogP contribution is -2.22. The molecule has 1 saturated carbocycles. The summed E-state index contributed by atoms with van der Waals surface area (Å²) < 4.78 is 0. The molecule has 0 spiro atoms. The minimum atomic E-state index is -1.08. The normalized spacial score (nSPS) is 16.3. The molecule has 5 heteroatoms. The van der Waals surface area contributed by atoms with Gasteiger partial charge in [-0.25, -0.2) is 0 Å². The second kappa shape index (κ2) is 8.23. The van der Waals surface area contributed by atoms with Gasteiger partial charge in [-0.15, -0.1) is 0 Å². The Morgan fingerprint density at radius 2 is 1.40 bits per heavy atom. The zero-order valence-corrected chi connectivity index (χ0v) is 8.82. The van der Waals surface area contributed by atoms with Crippen LogP contribution in [0, 0.1) is 0 Å². The van der Waals surface area contributed by atoms with E-state index in [9.17, 15) is 9.59 Å². The zero-order chi connectivity index (χ0) is 11.7. The molecule has 4 N–H and O–H groups in total. The molecule has 0 aromatic heterocycles. The van der Waals surface area contributed by atoms with Crippen molar-refractivity contribution in [3.05, 3.63) is 0 Å².